The first kappa shape index (κ1) is 12.6. The van der Waals surface area contributed by atoms with Crippen molar-refractivity contribution in [3.05, 3.63) is 59.8 Å². The van der Waals surface area contributed by atoms with Crippen LogP contribution in [-0.2, 0) is 0 Å². The standard InChI is InChI=1S/C17H15N5/c1-11-13(12-6-2-3-7-14(12)19-11)10-18-22-17-20-15-8-4-5-9-16(15)21-17/h2-10,19H,1H3,(H2,20,21,22)/b18-10-. The zero-order valence-electron chi connectivity index (χ0n) is 12.1. The molecule has 0 atom stereocenters. The number of anilines is 1. The highest BCUT2D eigenvalue weighted by Gasteiger charge is 2.05. The van der Waals surface area contributed by atoms with E-state index in [0.29, 0.717) is 5.95 Å². The van der Waals surface area contributed by atoms with Gasteiger partial charge in [0.25, 0.3) is 0 Å². The first-order valence-corrected chi connectivity index (χ1v) is 7.12. The van der Waals surface area contributed by atoms with E-state index >= 15 is 0 Å². The van der Waals surface area contributed by atoms with Crippen molar-refractivity contribution in [3.63, 3.8) is 0 Å². The third kappa shape index (κ3) is 2.13. The molecule has 4 aromatic rings. The Morgan fingerprint density at radius 3 is 2.64 bits per heavy atom. The summed E-state index contributed by atoms with van der Waals surface area (Å²) in [7, 11) is 0. The minimum atomic E-state index is 0.634. The Morgan fingerprint density at radius 1 is 1.00 bits per heavy atom. The number of H-pyrrole nitrogens is 2. The average molecular weight is 289 g/mol. The highest BCUT2D eigenvalue weighted by Crippen LogP contribution is 2.20. The molecule has 2 aromatic carbocycles. The molecule has 0 bridgehead atoms. The van der Waals surface area contributed by atoms with Gasteiger partial charge in [0.1, 0.15) is 0 Å². The van der Waals surface area contributed by atoms with Crippen LogP contribution in [0, 0.1) is 6.92 Å². The van der Waals surface area contributed by atoms with Gasteiger partial charge in [-0.3, -0.25) is 0 Å². The number of hydrogen-bond donors (Lipinski definition) is 3. The van der Waals surface area contributed by atoms with E-state index in [9.17, 15) is 0 Å². The number of aromatic nitrogens is 3. The van der Waals surface area contributed by atoms with Crippen molar-refractivity contribution in [3.8, 4) is 0 Å². The maximum Gasteiger partial charge on any atom is 0.222 e. The maximum atomic E-state index is 4.43. The van der Waals surface area contributed by atoms with Crippen molar-refractivity contribution in [2.45, 2.75) is 6.92 Å². The third-order valence-electron chi connectivity index (χ3n) is 3.70. The summed E-state index contributed by atoms with van der Waals surface area (Å²) in [6.07, 6.45) is 1.82. The molecule has 3 N–H and O–H groups in total. The highest BCUT2D eigenvalue weighted by molar-refractivity contribution is 6.00. The van der Waals surface area contributed by atoms with Gasteiger partial charge in [0.2, 0.25) is 5.95 Å². The number of hydrazone groups is 1. The van der Waals surface area contributed by atoms with Gasteiger partial charge in [0, 0.05) is 22.2 Å². The van der Waals surface area contributed by atoms with E-state index in [2.05, 4.69) is 37.6 Å². The molecule has 5 nitrogen and oxygen atoms in total. The van der Waals surface area contributed by atoms with E-state index in [1.807, 2.05) is 49.5 Å². The number of nitrogens with one attached hydrogen (secondary N) is 3. The van der Waals surface area contributed by atoms with Gasteiger partial charge in [0.05, 0.1) is 17.2 Å². The molecule has 0 radical (unpaired) electrons. The van der Waals surface area contributed by atoms with Crippen LogP contribution >= 0.6 is 0 Å². The number of hydrogen-bond acceptors (Lipinski definition) is 3. The molecule has 0 saturated heterocycles. The predicted molar refractivity (Wildman–Crippen MR) is 90.3 cm³/mol. The molecule has 2 aromatic heterocycles. The lowest BCUT2D eigenvalue weighted by Crippen LogP contribution is -1.93. The van der Waals surface area contributed by atoms with Gasteiger partial charge in [0.15, 0.2) is 0 Å². The fourth-order valence-corrected chi connectivity index (χ4v) is 2.63. The minimum Gasteiger partial charge on any atom is -0.358 e. The largest absolute Gasteiger partial charge is 0.358 e. The zero-order valence-corrected chi connectivity index (χ0v) is 12.1. The number of para-hydroxylation sites is 3. The van der Waals surface area contributed by atoms with Crippen molar-refractivity contribution < 1.29 is 0 Å². The Hall–Kier alpha value is -3.08. The van der Waals surface area contributed by atoms with E-state index in [1.54, 1.807) is 0 Å². The number of aryl methyl sites for hydroxylation is 1. The summed E-state index contributed by atoms with van der Waals surface area (Å²) in [5, 5.41) is 5.46. The van der Waals surface area contributed by atoms with Crippen molar-refractivity contribution in [1.29, 1.82) is 0 Å². The van der Waals surface area contributed by atoms with Crippen molar-refractivity contribution in [2.24, 2.45) is 5.10 Å². The van der Waals surface area contributed by atoms with Gasteiger partial charge < -0.3 is 9.97 Å². The normalized spacial score (nSPS) is 11.7. The first-order valence-electron chi connectivity index (χ1n) is 7.12. The molecule has 0 aliphatic carbocycles. The number of fused-ring (bicyclic) bond motifs is 2. The lowest BCUT2D eigenvalue weighted by atomic mass is 10.1. The van der Waals surface area contributed by atoms with E-state index in [1.165, 1.54) is 0 Å². The van der Waals surface area contributed by atoms with Crippen molar-refractivity contribution in [2.75, 3.05) is 5.43 Å². The Morgan fingerprint density at radius 2 is 1.77 bits per heavy atom. The van der Waals surface area contributed by atoms with Gasteiger partial charge in [-0.25, -0.2) is 10.4 Å². The summed E-state index contributed by atoms with van der Waals surface area (Å²) in [5.41, 5.74) is 8.15. The highest BCUT2D eigenvalue weighted by atomic mass is 15.3. The summed E-state index contributed by atoms with van der Waals surface area (Å²) >= 11 is 0. The topological polar surface area (TPSA) is 68.9 Å². The van der Waals surface area contributed by atoms with Crippen LogP contribution in [0.5, 0.6) is 0 Å². The smallest absolute Gasteiger partial charge is 0.222 e. The Balaban J connectivity index is 1.62. The lowest BCUT2D eigenvalue weighted by Gasteiger charge is -1.95. The van der Waals surface area contributed by atoms with Gasteiger partial charge in [-0.2, -0.15) is 5.10 Å². The molecule has 2 heterocycles. The number of benzene rings is 2. The van der Waals surface area contributed by atoms with Crippen LogP contribution < -0.4 is 5.43 Å². The number of aromatic amines is 2. The second-order valence-corrected chi connectivity index (χ2v) is 5.18. The van der Waals surface area contributed by atoms with Gasteiger partial charge in [-0.1, -0.05) is 30.3 Å². The third-order valence-corrected chi connectivity index (χ3v) is 3.70. The Labute approximate surface area is 127 Å². The minimum absolute atomic E-state index is 0.634. The average Bonchev–Trinajstić information content (AvgIpc) is 3.08. The van der Waals surface area contributed by atoms with E-state index in [4.69, 9.17) is 0 Å². The molecule has 22 heavy (non-hydrogen) atoms. The summed E-state index contributed by atoms with van der Waals surface area (Å²) in [6.45, 7) is 2.04. The van der Waals surface area contributed by atoms with Gasteiger partial charge >= 0.3 is 0 Å². The summed E-state index contributed by atoms with van der Waals surface area (Å²) in [6, 6.07) is 16.1. The van der Waals surface area contributed by atoms with Crippen LogP contribution in [-0.4, -0.2) is 21.2 Å². The quantitative estimate of drug-likeness (QED) is 0.396. The fourth-order valence-electron chi connectivity index (χ4n) is 2.63. The molecule has 0 aliphatic rings. The molecule has 0 saturated carbocycles. The summed E-state index contributed by atoms with van der Waals surface area (Å²) < 4.78 is 0. The summed E-state index contributed by atoms with van der Waals surface area (Å²) in [4.78, 5) is 11.0. The predicted octanol–water partition coefficient (Wildman–Crippen LogP) is 3.80. The monoisotopic (exact) mass is 289 g/mol. The molecule has 108 valence electrons. The van der Waals surface area contributed by atoms with Crippen LogP contribution in [0.1, 0.15) is 11.3 Å². The molecule has 5 heteroatoms. The molecular weight excluding hydrogens is 274 g/mol. The van der Waals surface area contributed by atoms with E-state index in [0.717, 1.165) is 33.2 Å². The SMILES string of the molecule is Cc1[nH]c2ccccc2c1/C=N\Nc1nc2ccccc2[nH]1. The van der Waals surface area contributed by atoms with E-state index < -0.39 is 0 Å². The van der Waals surface area contributed by atoms with Crippen LogP contribution in [0.4, 0.5) is 5.95 Å². The molecule has 0 spiro atoms. The second-order valence-electron chi connectivity index (χ2n) is 5.18. The number of imidazole rings is 1. The van der Waals surface area contributed by atoms with Crippen LogP contribution in [0.2, 0.25) is 0 Å². The first-order chi connectivity index (χ1) is 10.8. The molecular formula is C17H15N5. The van der Waals surface area contributed by atoms with Crippen LogP contribution in [0.15, 0.2) is 53.6 Å². The number of rotatable bonds is 3. The summed E-state index contributed by atoms with van der Waals surface area (Å²) in [5.74, 6) is 0.634. The van der Waals surface area contributed by atoms with Gasteiger partial charge in [-0.15, -0.1) is 0 Å². The Kier molecular flexibility index (Phi) is 2.89. The van der Waals surface area contributed by atoms with E-state index in [-0.39, 0.29) is 0 Å². The molecule has 0 aliphatic heterocycles. The number of nitrogens with zero attached hydrogens (tertiary/aromatic N) is 2. The van der Waals surface area contributed by atoms with Crippen LogP contribution in [0.25, 0.3) is 21.9 Å². The van der Waals surface area contributed by atoms with Crippen molar-refractivity contribution in [1.82, 2.24) is 15.0 Å². The lowest BCUT2D eigenvalue weighted by molar-refractivity contribution is 1.21. The fraction of sp³-hybridized carbons (Fsp3) is 0.0588. The second kappa shape index (κ2) is 5.04. The maximum absolute atomic E-state index is 4.43. The Bertz CT molecular complexity index is 944. The zero-order chi connectivity index (χ0) is 14.9. The van der Waals surface area contributed by atoms with Crippen LogP contribution in [0.3, 0.4) is 0 Å². The molecule has 0 amide bonds. The molecule has 0 fully saturated rings. The molecule has 0 unspecified atom stereocenters. The van der Waals surface area contributed by atoms with Crippen molar-refractivity contribution >= 4 is 34.1 Å². The molecule has 4 rings (SSSR count). The van der Waals surface area contributed by atoms with Gasteiger partial charge in [-0.05, 0) is 25.1 Å².